The number of carbonyl (C=O) groups excluding carboxylic acids is 2. The Hall–Kier alpha value is -2.07. The van der Waals surface area contributed by atoms with Gasteiger partial charge in [-0.15, -0.1) is 12.4 Å². The number of hydrogen-bond donors (Lipinski definition) is 3. The number of halogens is 5. The van der Waals surface area contributed by atoms with E-state index in [1.54, 1.807) is 0 Å². The Labute approximate surface area is 134 Å². The predicted octanol–water partition coefficient (Wildman–Crippen LogP) is 1.20. The third-order valence-corrected chi connectivity index (χ3v) is 2.24. The molecule has 0 aromatic heterocycles. The van der Waals surface area contributed by atoms with E-state index in [4.69, 9.17) is 5.73 Å². The molecule has 0 fully saturated rings. The van der Waals surface area contributed by atoms with Gasteiger partial charge < -0.3 is 21.1 Å². The third-order valence-electron chi connectivity index (χ3n) is 2.24. The van der Waals surface area contributed by atoms with Crippen LogP contribution in [0.1, 0.15) is 0 Å². The van der Waals surface area contributed by atoms with Crippen LogP contribution >= 0.6 is 12.4 Å². The second-order valence-electron chi connectivity index (χ2n) is 4.07. The van der Waals surface area contributed by atoms with Crippen molar-refractivity contribution >= 4 is 29.9 Å². The van der Waals surface area contributed by atoms with E-state index in [2.05, 4.69) is 15.4 Å². The quantitative estimate of drug-likeness (QED) is 0.665. The van der Waals surface area contributed by atoms with Crippen LogP contribution in [0.3, 0.4) is 0 Å². The van der Waals surface area contributed by atoms with Crippen LogP contribution in [-0.2, 0) is 9.59 Å². The first-order valence-corrected chi connectivity index (χ1v) is 5.97. The van der Waals surface area contributed by atoms with E-state index in [0.717, 1.165) is 18.2 Å². The Morgan fingerprint density at radius 1 is 1.22 bits per heavy atom. The van der Waals surface area contributed by atoms with Gasteiger partial charge in [0.05, 0.1) is 18.8 Å². The van der Waals surface area contributed by atoms with E-state index in [-0.39, 0.29) is 30.4 Å². The number of anilines is 1. The van der Waals surface area contributed by atoms with Gasteiger partial charge in [0.15, 0.2) is 6.61 Å². The van der Waals surface area contributed by atoms with Gasteiger partial charge in [-0.2, -0.15) is 13.2 Å². The standard InChI is InChI=1S/C12H13F4N3O3.ClH/c13-7-1-2-9(22-6-12(14,15)16)8(3-7)19-11(21)5-18-10(20)4-17;/h1-3H,4-6,17H2,(H,18,20)(H,19,21);1H. The lowest BCUT2D eigenvalue weighted by Gasteiger charge is -2.14. The molecule has 0 unspecified atom stereocenters. The SMILES string of the molecule is Cl.NCC(=O)NCC(=O)Nc1cc(F)ccc1OCC(F)(F)F. The molecule has 2 amide bonds. The smallest absolute Gasteiger partial charge is 0.422 e. The summed E-state index contributed by atoms with van der Waals surface area (Å²) in [4.78, 5) is 22.4. The second-order valence-corrected chi connectivity index (χ2v) is 4.07. The van der Waals surface area contributed by atoms with Crippen LogP contribution in [0.15, 0.2) is 18.2 Å². The Balaban J connectivity index is 0.00000484. The van der Waals surface area contributed by atoms with E-state index in [1.807, 2.05) is 0 Å². The molecule has 130 valence electrons. The van der Waals surface area contributed by atoms with E-state index < -0.39 is 37.0 Å². The van der Waals surface area contributed by atoms with Gasteiger partial charge in [0.25, 0.3) is 0 Å². The number of benzene rings is 1. The number of nitrogens with one attached hydrogen (secondary N) is 2. The summed E-state index contributed by atoms with van der Waals surface area (Å²) in [6.07, 6.45) is -4.58. The summed E-state index contributed by atoms with van der Waals surface area (Å²) >= 11 is 0. The molecule has 0 heterocycles. The highest BCUT2D eigenvalue weighted by molar-refractivity contribution is 5.95. The minimum Gasteiger partial charge on any atom is -0.482 e. The maximum absolute atomic E-state index is 13.1. The van der Waals surface area contributed by atoms with Gasteiger partial charge in [0.2, 0.25) is 11.8 Å². The molecule has 0 spiro atoms. The van der Waals surface area contributed by atoms with Crippen molar-refractivity contribution in [2.45, 2.75) is 6.18 Å². The van der Waals surface area contributed by atoms with E-state index in [1.165, 1.54) is 0 Å². The average molecular weight is 360 g/mol. The summed E-state index contributed by atoms with van der Waals surface area (Å²) in [5.41, 5.74) is 4.73. The number of ether oxygens (including phenoxy) is 1. The first kappa shape index (κ1) is 20.9. The molecule has 1 rings (SSSR count). The van der Waals surface area contributed by atoms with Crippen molar-refractivity contribution in [3.05, 3.63) is 24.0 Å². The molecule has 0 bridgehead atoms. The molecule has 23 heavy (non-hydrogen) atoms. The zero-order chi connectivity index (χ0) is 16.8. The summed E-state index contributed by atoms with van der Waals surface area (Å²) in [6.45, 7) is -2.39. The molecule has 11 heteroatoms. The molecule has 6 nitrogen and oxygen atoms in total. The number of carbonyl (C=O) groups is 2. The number of alkyl halides is 3. The van der Waals surface area contributed by atoms with Gasteiger partial charge >= 0.3 is 6.18 Å². The lowest BCUT2D eigenvalue weighted by Crippen LogP contribution is -2.36. The molecule has 0 radical (unpaired) electrons. The van der Waals surface area contributed by atoms with Gasteiger partial charge in [-0.1, -0.05) is 0 Å². The Morgan fingerprint density at radius 2 is 1.87 bits per heavy atom. The topological polar surface area (TPSA) is 93.5 Å². The van der Waals surface area contributed by atoms with Crippen molar-refractivity contribution in [3.8, 4) is 5.75 Å². The van der Waals surface area contributed by atoms with Crippen LogP contribution in [0.4, 0.5) is 23.2 Å². The van der Waals surface area contributed by atoms with E-state index in [0.29, 0.717) is 0 Å². The van der Waals surface area contributed by atoms with Gasteiger partial charge in [0.1, 0.15) is 11.6 Å². The van der Waals surface area contributed by atoms with Crippen molar-refractivity contribution in [3.63, 3.8) is 0 Å². The monoisotopic (exact) mass is 359 g/mol. The van der Waals surface area contributed by atoms with Crippen LogP contribution in [0, 0.1) is 5.82 Å². The van der Waals surface area contributed by atoms with Crippen molar-refractivity contribution in [2.75, 3.05) is 25.0 Å². The zero-order valence-electron chi connectivity index (χ0n) is 11.6. The highest BCUT2D eigenvalue weighted by Crippen LogP contribution is 2.27. The maximum Gasteiger partial charge on any atom is 0.422 e. The largest absolute Gasteiger partial charge is 0.482 e. The van der Waals surface area contributed by atoms with E-state index in [9.17, 15) is 27.2 Å². The Kier molecular flexibility index (Phi) is 8.33. The van der Waals surface area contributed by atoms with Crippen LogP contribution in [-0.4, -0.2) is 37.7 Å². The first-order valence-electron chi connectivity index (χ1n) is 5.97. The molecule has 0 aliphatic heterocycles. The van der Waals surface area contributed by atoms with Crippen molar-refractivity contribution in [2.24, 2.45) is 5.73 Å². The maximum atomic E-state index is 13.1. The van der Waals surface area contributed by atoms with Crippen LogP contribution < -0.4 is 21.1 Å². The average Bonchev–Trinajstić information content (AvgIpc) is 2.42. The Morgan fingerprint density at radius 3 is 2.43 bits per heavy atom. The number of hydrogen-bond acceptors (Lipinski definition) is 4. The lowest BCUT2D eigenvalue weighted by atomic mass is 10.2. The molecule has 0 aliphatic carbocycles. The molecular weight excluding hydrogens is 346 g/mol. The summed E-state index contributed by atoms with van der Waals surface area (Å²) in [5, 5.41) is 4.29. The highest BCUT2D eigenvalue weighted by atomic mass is 35.5. The van der Waals surface area contributed by atoms with Crippen LogP contribution in [0.25, 0.3) is 0 Å². The van der Waals surface area contributed by atoms with Gasteiger partial charge in [-0.25, -0.2) is 4.39 Å². The van der Waals surface area contributed by atoms with Gasteiger partial charge in [-0.05, 0) is 12.1 Å². The summed E-state index contributed by atoms with van der Waals surface area (Å²) in [6, 6.07) is 2.64. The minimum atomic E-state index is -4.58. The molecule has 4 N–H and O–H groups in total. The van der Waals surface area contributed by atoms with Crippen molar-refractivity contribution in [1.82, 2.24) is 5.32 Å². The number of rotatable bonds is 6. The zero-order valence-corrected chi connectivity index (χ0v) is 12.4. The number of nitrogens with two attached hydrogens (primary N) is 1. The van der Waals surface area contributed by atoms with Crippen LogP contribution in [0.5, 0.6) is 5.75 Å². The summed E-state index contributed by atoms with van der Waals surface area (Å²) in [5.74, 6) is -2.50. The lowest BCUT2D eigenvalue weighted by molar-refractivity contribution is -0.153. The van der Waals surface area contributed by atoms with Gasteiger partial charge in [0, 0.05) is 6.07 Å². The minimum absolute atomic E-state index is 0. The Bertz CT molecular complexity index is 555. The summed E-state index contributed by atoms with van der Waals surface area (Å²) < 4.78 is 54.0. The molecule has 0 saturated carbocycles. The van der Waals surface area contributed by atoms with Crippen molar-refractivity contribution in [1.29, 1.82) is 0 Å². The fourth-order valence-corrected chi connectivity index (χ4v) is 1.33. The first-order chi connectivity index (χ1) is 10.2. The van der Waals surface area contributed by atoms with Crippen molar-refractivity contribution < 1.29 is 31.9 Å². The second kappa shape index (κ2) is 9.16. The molecule has 0 aliphatic rings. The highest BCUT2D eigenvalue weighted by Gasteiger charge is 2.29. The molecule has 0 saturated heterocycles. The molecule has 1 aromatic carbocycles. The summed E-state index contributed by atoms with van der Waals surface area (Å²) in [7, 11) is 0. The molecule has 1 aromatic rings. The molecule has 0 atom stereocenters. The molecular formula is C12H14ClF4N3O3. The van der Waals surface area contributed by atoms with Gasteiger partial charge in [-0.3, -0.25) is 9.59 Å². The normalized spacial score (nSPS) is 10.5. The number of amides is 2. The fourth-order valence-electron chi connectivity index (χ4n) is 1.33. The third kappa shape index (κ3) is 8.21. The fraction of sp³-hybridized carbons (Fsp3) is 0.333. The van der Waals surface area contributed by atoms with Crippen LogP contribution in [0.2, 0.25) is 0 Å². The predicted molar refractivity (Wildman–Crippen MR) is 75.9 cm³/mol. The van der Waals surface area contributed by atoms with E-state index >= 15 is 0 Å².